The molecule has 9 heteroatoms. The molecule has 0 radical (unpaired) electrons. The number of carbonyl (C=O) groups excluding carboxylic acids is 1. The maximum atomic E-state index is 12.0. The summed E-state index contributed by atoms with van der Waals surface area (Å²) in [4.78, 5) is 16.3. The van der Waals surface area contributed by atoms with Crippen molar-refractivity contribution in [2.24, 2.45) is 4.99 Å². The molecular formula is C20H31IN4O3S. The third-order valence-electron chi connectivity index (χ3n) is 5.76. The van der Waals surface area contributed by atoms with Gasteiger partial charge in [-0.2, -0.15) is 0 Å². The Labute approximate surface area is 190 Å². The van der Waals surface area contributed by atoms with Gasteiger partial charge in [0.1, 0.15) is 0 Å². The number of hydrogen-bond acceptors (Lipinski definition) is 4. The number of nitrogens with one attached hydrogen (secondary N) is 3. The van der Waals surface area contributed by atoms with Gasteiger partial charge in [-0.25, -0.2) is 8.42 Å². The standard InChI is InChI=1S/C20H30N4O3S.HI/c1-21-19(22-12-8-18(25)24-17-9-13-28(26,27)14-17)23-15-20(10-5-11-20)16-6-3-2-4-7-16;/h2-4,6-7,17H,5,8-15H2,1H3,(H,24,25)(H2,21,22,23);1H. The van der Waals surface area contributed by atoms with Crippen LogP contribution in [0, 0.1) is 0 Å². The minimum absolute atomic E-state index is 0. The van der Waals surface area contributed by atoms with E-state index in [0.29, 0.717) is 18.9 Å². The number of sulfone groups is 1. The molecule has 162 valence electrons. The maximum absolute atomic E-state index is 12.0. The SMILES string of the molecule is CN=C(NCCC(=O)NC1CCS(=O)(=O)C1)NCC1(c2ccccc2)CCC1.I. The lowest BCUT2D eigenvalue weighted by Crippen LogP contribution is -2.49. The summed E-state index contributed by atoms with van der Waals surface area (Å²) in [6.07, 6.45) is 4.34. The molecule has 1 saturated heterocycles. The van der Waals surface area contributed by atoms with Crippen molar-refractivity contribution in [1.29, 1.82) is 0 Å². The highest BCUT2D eigenvalue weighted by atomic mass is 127. The first-order chi connectivity index (χ1) is 13.4. The maximum Gasteiger partial charge on any atom is 0.222 e. The summed E-state index contributed by atoms with van der Waals surface area (Å²) in [6.45, 7) is 1.26. The Balaban J connectivity index is 0.00000300. The summed E-state index contributed by atoms with van der Waals surface area (Å²) in [5.74, 6) is 0.760. The molecule has 29 heavy (non-hydrogen) atoms. The molecule has 1 atom stereocenters. The minimum atomic E-state index is -2.98. The van der Waals surface area contributed by atoms with Crippen LogP contribution in [0.3, 0.4) is 0 Å². The van der Waals surface area contributed by atoms with Gasteiger partial charge < -0.3 is 16.0 Å². The van der Waals surface area contributed by atoms with Crippen LogP contribution in [-0.4, -0.2) is 58.0 Å². The summed E-state index contributed by atoms with van der Waals surface area (Å²) in [5.41, 5.74) is 1.51. The fourth-order valence-electron chi connectivity index (χ4n) is 3.94. The van der Waals surface area contributed by atoms with Crippen LogP contribution in [0.4, 0.5) is 0 Å². The summed E-state index contributed by atoms with van der Waals surface area (Å²) < 4.78 is 22.9. The van der Waals surface area contributed by atoms with Gasteiger partial charge in [0, 0.05) is 38.0 Å². The molecule has 1 amide bonds. The Morgan fingerprint density at radius 2 is 1.93 bits per heavy atom. The van der Waals surface area contributed by atoms with Crippen molar-refractivity contribution in [2.45, 2.75) is 43.6 Å². The van der Waals surface area contributed by atoms with E-state index in [1.165, 1.54) is 12.0 Å². The second kappa shape index (κ2) is 10.6. The van der Waals surface area contributed by atoms with Crippen LogP contribution in [0.25, 0.3) is 0 Å². The van der Waals surface area contributed by atoms with E-state index in [4.69, 9.17) is 0 Å². The summed E-state index contributed by atoms with van der Waals surface area (Å²) in [6, 6.07) is 10.3. The van der Waals surface area contributed by atoms with Crippen LogP contribution in [-0.2, 0) is 20.0 Å². The molecule has 1 heterocycles. The molecule has 2 fully saturated rings. The molecule has 1 aromatic carbocycles. The van der Waals surface area contributed by atoms with E-state index < -0.39 is 9.84 Å². The van der Waals surface area contributed by atoms with E-state index in [1.807, 2.05) is 6.07 Å². The first kappa shape index (κ1) is 23.9. The Hall–Kier alpha value is -1.36. The van der Waals surface area contributed by atoms with Crippen LogP contribution >= 0.6 is 24.0 Å². The first-order valence-electron chi connectivity index (χ1n) is 9.92. The normalized spacial score (nSPS) is 22.1. The topological polar surface area (TPSA) is 99.7 Å². The molecule has 1 aliphatic carbocycles. The van der Waals surface area contributed by atoms with Gasteiger partial charge in [0.2, 0.25) is 5.91 Å². The van der Waals surface area contributed by atoms with E-state index in [-0.39, 0.29) is 59.3 Å². The van der Waals surface area contributed by atoms with Crippen LogP contribution in [0.1, 0.15) is 37.7 Å². The van der Waals surface area contributed by atoms with Gasteiger partial charge >= 0.3 is 0 Å². The number of halogens is 1. The predicted molar refractivity (Wildman–Crippen MR) is 127 cm³/mol. The molecule has 7 nitrogen and oxygen atoms in total. The van der Waals surface area contributed by atoms with Gasteiger partial charge in [0.25, 0.3) is 0 Å². The van der Waals surface area contributed by atoms with Crippen LogP contribution in [0.2, 0.25) is 0 Å². The van der Waals surface area contributed by atoms with Crippen molar-refractivity contribution < 1.29 is 13.2 Å². The van der Waals surface area contributed by atoms with Crippen molar-refractivity contribution >= 4 is 45.7 Å². The number of nitrogens with zero attached hydrogens (tertiary/aromatic N) is 1. The number of carbonyl (C=O) groups is 1. The predicted octanol–water partition coefficient (Wildman–Crippen LogP) is 1.58. The monoisotopic (exact) mass is 534 g/mol. The molecule has 0 spiro atoms. The smallest absolute Gasteiger partial charge is 0.222 e. The Kier molecular flexibility index (Phi) is 8.74. The molecule has 1 unspecified atom stereocenters. The number of hydrogen-bond donors (Lipinski definition) is 3. The largest absolute Gasteiger partial charge is 0.356 e. The first-order valence-corrected chi connectivity index (χ1v) is 11.7. The van der Waals surface area contributed by atoms with Gasteiger partial charge in [-0.05, 0) is 24.8 Å². The lowest BCUT2D eigenvalue weighted by Gasteiger charge is -2.43. The number of amides is 1. The average Bonchev–Trinajstić information content (AvgIpc) is 2.98. The van der Waals surface area contributed by atoms with E-state index >= 15 is 0 Å². The van der Waals surface area contributed by atoms with E-state index in [1.54, 1.807) is 7.05 Å². The average molecular weight is 534 g/mol. The quantitative estimate of drug-likeness (QED) is 0.280. The summed E-state index contributed by atoms with van der Waals surface area (Å²) in [5, 5.41) is 9.37. The lowest BCUT2D eigenvalue weighted by atomic mass is 9.64. The number of rotatable bonds is 7. The zero-order valence-electron chi connectivity index (χ0n) is 16.8. The highest BCUT2D eigenvalue weighted by Gasteiger charge is 2.38. The van der Waals surface area contributed by atoms with Crippen molar-refractivity contribution in [3.05, 3.63) is 35.9 Å². The molecule has 3 N–H and O–H groups in total. The third-order valence-corrected chi connectivity index (χ3v) is 7.52. The lowest BCUT2D eigenvalue weighted by molar-refractivity contribution is -0.121. The summed E-state index contributed by atoms with van der Waals surface area (Å²) >= 11 is 0. The van der Waals surface area contributed by atoms with E-state index in [0.717, 1.165) is 19.4 Å². The van der Waals surface area contributed by atoms with Crippen LogP contribution in [0.15, 0.2) is 35.3 Å². The van der Waals surface area contributed by atoms with Gasteiger partial charge in [-0.15, -0.1) is 24.0 Å². The number of guanidine groups is 1. The third kappa shape index (κ3) is 6.56. The second-order valence-corrected chi connectivity index (χ2v) is 10.00. The minimum Gasteiger partial charge on any atom is -0.356 e. The molecule has 1 saturated carbocycles. The van der Waals surface area contributed by atoms with Crippen LogP contribution < -0.4 is 16.0 Å². The fraction of sp³-hybridized carbons (Fsp3) is 0.600. The molecule has 0 bridgehead atoms. The van der Waals surface area contributed by atoms with Crippen LogP contribution in [0.5, 0.6) is 0 Å². The van der Waals surface area contributed by atoms with Gasteiger partial charge in [-0.3, -0.25) is 9.79 Å². The molecular weight excluding hydrogens is 503 g/mol. The highest BCUT2D eigenvalue weighted by molar-refractivity contribution is 14.0. The van der Waals surface area contributed by atoms with Crippen molar-refractivity contribution in [3.63, 3.8) is 0 Å². The molecule has 1 aromatic rings. The number of benzene rings is 1. The number of aliphatic imine (C=N–C) groups is 1. The molecule has 3 rings (SSSR count). The Bertz CT molecular complexity index is 810. The zero-order valence-corrected chi connectivity index (χ0v) is 20.0. The molecule has 1 aliphatic heterocycles. The van der Waals surface area contributed by atoms with Gasteiger partial charge in [0.15, 0.2) is 15.8 Å². The Morgan fingerprint density at radius 1 is 1.21 bits per heavy atom. The van der Waals surface area contributed by atoms with Crippen molar-refractivity contribution in [3.8, 4) is 0 Å². The summed E-state index contributed by atoms with van der Waals surface area (Å²) in [7, 11) is -1.26. The zero-order chi connectivity index (χ0) is 20.0. The molecule has 0 aromatic heterocycles. The van der Waals surface area contributed by atoms with E-state index in [9.17, 15) is 13.2 Å². The Morgan fingerprint density at radius 3 is 2.48 bits per heavy atom. The van der Waals surface area contributed by atoms with Crippen molar-refractivity contribution in [1.82, 2.24) is 16.0 Å². The van der Waals surface area contributed by atoms with Gasteiger partial charge in [0.05, 0.1) is 11.5 Å². The van der Waals surface area contributed by atoms with Gasteiger partial charge in [-0.1, -0.05) is 36.8 Å². The van der Waals surface area contributed by atoms with Crippen molar-refractivity contribution in [2.75, 3.05) is 31.6 Å². The highest BCUT2D eigenvalue weighted by Crippen LogP contribution is 2.43. The molecule has 2 aliphatic rings. The fourth-order valence-corrected chi connectivity index (χ4v) is 5.61. The second-order valence-electron chi connectivity index (χ2n) is 7.77. The van der Waals surface area contributed by atoms with E-state index in [2.05, 4.69) is 45.2 Å².